The zero-order valence-corrected chi connectivity index (χ0v) is 18.1. The number of aliphatic carboxylic acids is 1. The molecule has 2 aromatic carbocycles. The van der Waals surface area contributed by atoms with Crippen LogP contribution in [0.2, 0.25) is 0 Å². The standard InChI is InChI=1S/C25H28N2O5/c1-2-22(23(28)27-13-7-8-16(14-27)24(29)30)26-25(31)32-15-21-19-11-5-3-9-17(19)18-10-4-6-12-20(18)21/h3-6,9-12,16,21-22H,2,7-8,13-15H2,1H3,(H,26,31)(H,29,30)/t16-,22+/m1/s1. The van der Waals surface area contributed by atoms with E-state index >= 15 is 0 Å². The van der Waals surface area contributed by atoms with Crippen LogP contribution in [0, 0.1) is 5.92 Å². The average Bonchev–Trinajstić information content (AvgIpc) is 3.14. The molecule has 7 nitrogen and oxygen atoms in total. The van der Waals surface area contributed by atoms with Crippen molar-refractivity contribution in [3.05, 3.63) is 59.7 Å². The van der Waals surface area contributed by atoms with Crippen LogP contribution >= 0.6 is 0 Å². The lowest BCUT2D eigenvalue weighted by Gasteiger charge is -2.33. The first-order valence-electron chi connectivity index (χ1n) is 11.1. The van der Waals surface area contributed by atoms with E-state index in [9.17, 15) is 19.5 Å². The summed E-state index contributed by atoms with van der Waals surface area (Å²) >= 11 is 0. The van der Waals surface area contributed by atoms with E-state index in [4.69, 9.17) is 4.74 Å². The van der Waals surface area contributed by atoms with Gasteiger partial charge in [0.2, 0.25) is 5.91 Å². The van der Waals surface area contributed by atoms with Crippen LogP contribution in [0.5, 0.6) is 0 Å². The highest BCUT2D eigenvalue weighted by atomic mass is 16.5. The average molecular weight is 437 g/mol. The Hall–Kier alpha value is -3.35. The van der Waals surface area contributed by atoms with Crippen molar-refractivity contribution in [2.75, 3.05) is 19.7 Å². The maximum Gasteiger partial charge on any atom is 0.407 e. The molecule has 2 aliphatic rings. The number of nitrogens with one attached hydrogen (secondary N) is 1. The van der Waals surface area contributed by atoms with E-state index in [0.717, 1.165) is 22.3 Å². The van der Waals surface area contributed by atoms with E-state index in [2.05, 4.69) is 29.6 Å². The van der Waals surface area contributed by atoms with E-state index in [1.165, 1.54) is 0 Å². The highest BCUT2D eigenvalue weighted by Gasteiger charge is 2.33. The second-order valence-electron chi connectivity index (χ2n) is 8.39. The Kier molecular flexibility index (Phi) is 6.44. The highest BCUT2D eigenvalue weighted by molar-refractivity contribution is 5.86. The molecule has 168 valence electrons. The SMILES string of the molecule is CC[C@H](NC(=O)OCC1c2ccccc2-c2ccccc21)C(=O)N1CCC[C@@H](C(=O)O)C1. The summed E-state index contributed by atoms with van der Waals surface area (Å²) in [6, 6.07) is 15.5. The fourth-order valence-electron chi connectivity index (χ4n) is 4.72. The number of ether oxygens (including phenoxy) is 1. The van der Waals surface area contributed by atoms with Gasteiger partial charge in [0.1, 0.15) is 12.6 Å². The van der Waals surface area contributed by atoms with Crippen LogP contribution in [0.1, 0.15) is 43.2 Å². The van der Waals surface area contributed by atoms with Crippen LogP contribution < -0.4 is 5.32 Å². The Labute approximate surface area is 187 Å². The van der Waals surface area contributed by atoms with Crippen LogP contribution in [0.3, 0.4) is 0 Å². The van der Waals surface area contributed by atoms with Crippen LogP contribution in [0.25, 0.3) is 11.1 Å². The maximum atomic E-state index is 12.9. The number of hydrogen-bond donors (Lipinski definition) is 2. The van der Waals surface area contributed by atoms with Crippen molar-refractivity contribution in [1.29, 1.82) is 0 Å². The monoisotopic (exact) mass is 436 g/mol. The van der Waals surface area contributed by atoms with E-state index in [1.807, 2.05) is 31.2 Å². The summed E-state index contributed by atoms with van der Waals surface area (Å²) in [5.41, 5.74) is 4.55. The quantitative estimate of drug-likeness (QED) is 0.721. The molecule has 1 aliphatic carbocycles. The minimum Gasteiger partial charge on any atom is -0.481 e. The molecular formula is C25H28N2O5. The molecule has 0 radical (unpaired) electrons. The van der Waals surface area contributed by atoms with Gasteiger partial charge in [-0.05, 0) is 41.5 Å². The number of likely N-dealkylation sites (tertiary alicyclic amines) is 1. The van der Waals surface area contributed by atoms with Gasteiger partial charge in [0.15, 0.2) is 0 Å². The van der Waals surface area contributed by atoms with Crippen LogP contribution in [0.4, 0.5) is 4.79 Å². The number of carboxylic acids is 1. The van der Waals surface area contributed by atoms with E-state index < -0.39 is 24.0 Å². The smallest absolute Gasteiger partial charge is 0.407 e. The molecular weight excluding hydrogens is 408 g/mol. The zero-order valence-electron chi connectivity index (χ0n) is 18.1. The Balaban J connectivity index is 1.38. The summed E-state index contributed by atoms with van der Waals surface area (Å²) in [4.78, 5) is 38.3. The number of rotatable bonds is 6. The van der Waals surface area contributed by atoms with Crippen LogP contribution in [-0.4, -0.2) is 53.7 Å². The van der Waals surface area contributed by atoms with Crippen molar-refractivity contribution < 1.29 is 24.2 Å². The maximum absolute atomic E-state index is 12.9. The van der Waals surface area contributed by atoms with Gasteiger partial charge in [0.25, 0.3) is 0 Å². The molecule has 1 aliphatic heterocycles. The van der Waals surface area contributed by atoms with Gasteiger partial charge in [-0.25, -0.2) is 4.79 Å². The number of carbonyl (C=O) groups is 3. The summed E-state index contributed by atoms with van der Waals surface area (Å²) < 4.78 is 5.55. The molecule has 7 heteroatoms. The molecule has 2 atom stereocenters. The number of alkyl carbamates (subject to hydrolysis) is 1. The minimum absolute atomic E-state index is 0.0534. The lowest BCUT2D eigenvalue weighted by molar-refractivity contribution is -0.146. The molecule has 2 amide bonds. The van der Waals surface area contributed by atoms with Crippen LogP contribution in [-0.2, 0) is 14.3 Å². The number of piperidine rings is 1. The summed E-state index contributed by atoms with van der Waals surface area (Å²) in [6.45, 7) is 2.67. The van der Waals surface area contributed by atoms with E-state index in [1.54, 1.807) is 4.90 Å². The Morgan fingerprint density at radius 3 is 2.31 bits per heavy atom. The third-order valence-corrected chi connectivity index (χ3v) is 6.42. The summed E-state index contributed by atoms with van der Waals surface area (Å²) in [6.07, 6.45) is 0.968. The molecule has 1 saturated heterocycles. The fraction of sp³-hybridized carbons (Fsp3) is 0.400. The number of hydrogen-bond acceptors (Lipinski definition) is 4. The van der Waals surface area contributed by atoms with Gasteiger partial charge in [0.05, 0.1) is 5.92 Å². The fourth-order valence-corrected chi connectivity index (χ4v) is 4.72. The number of amides is 2. The summed E-state index contributed by atoms with van der Waals surface area (Å²) in [7, 11) is 0. The van der Waals surface area contributed by atoms with Crippen molar-refractivity contribution in [1.82, 2.24) is 10.2 Å². The van der Waals surface area contributed by atoms with Gasteiger partial charge in [0, 0.05) is 19.0 Å². The molecule has 0 aromatic heterocycles. The lowest BCUT2D eigenvalue weighted by Crippen LogP contribution is -2.52. The number of carbonyl (C=O) groups excluding carboxylic acids is 2. The van der Waals surface area contributed by atoms with Gasteiger partial charge in [-0.1, -0.05) is 55.5 Å². The molecule has 2 aromatic rings. The molecule has 0 saturated carbocycles. The number of benzene rings is 2. The van der Waals surface area contributed by atoms with E-state index in [-0.39, 0.29) is 25.0 Å². The molecule has 32 heavy (non-hydrogen) atoms. The predicted molar refractivity (Wildman–Crippen MR) is 119 cm³/mol. The largest absolute Gasteiger partial charge is 0.481 e. The van der Waals surface area contributed by atoms with Gasteiger partial charge in [-0.3, -0.25) is 9.59 Å². The van der Waals surface area contributed by atoms with Crippen molar-refractivity contribution in [3.63, 3.8) is 0 Å². The Bertz CT molecular complexity index is 975. The normalized spacial score (nSPS) is 18.4. The number of nitrogens with zero attached hydrogens (tertiary/aromatic N) is 1. The highest BCUT2D eigenvalue weighted by Crippen LogP contribution is 2.44. The van der Waals surface area contributed by atoms with Gasteiger partial charge in [-0.15, -0.1) is 0 Å². The zero-order chi connectivity index (χ0) is 22.7. The predicted octanol–water partition coefficient (Wildman–Crippen LogP) is 3.63. The lowest BCUT2D eigenvalue weighted by atomic mass is 9.97. The van der Waals surface area contributed by atoms with E-state index in [0.29, 0.717) is 25.8 Å². The molecule has 0 bridgehead atoms. The number of fused-ring (bicyclic) bond motifs is 3. The second-order valence-corrected chi connectivity index (χ2v) is 8.39. The van der Waals surface area contributed by atoms with Gasteiger partial charge < -0.3 is 20.1 Å². The van der Waals surface area contributed by atoms with Crippen molar-refractivity contribution >= 4 is 18.0 Å². The number of carboxylic acid groups (broad SMARTS) is 1. The Morgan fingerprint density at radius 2 is 1.72 bits per heavy atom. The minimum atomic E-state index is -0.889. The van der Waals surface area contributed by atoms with Crippen molar-refractivity contribution in [2.45, 2.75) is 38.1 Å². The first-order chi connectivity index (χ1) is 15.5. The van der Waals surface area contributed by atoms with Gasteiger partial charge in [-0.2, -0.15) is 0 Å². The molecule has 0 spiro atoms. The molecule has 0 unspecified atom stereocenters. The molecule has 1 fully saturated rings. The van der Waals surface area contributed by atoms with Crippen molar-refractivity contribution in [3.8, 4) is 11.1 Å². The van der Waals surface area contributed by atoms with Crippen LogP contribution in [0.15, 0.2) is 48.5 Å². The third-order valence-electron chi connectivity index (χ3n) is 6.42. The topological polar surface area (TPSA) is 95.9 Å². The van der Waals surface area contributed by atoms with Crippen molar-refractivity contribution in [2.24, 2.45) is 5.92 Å². The summed E-state index contributed by atoms with van der Waals surface area (Å²) in [5, 5.41) is 11.9. The third kappa shape index (κ3) is 4.33. The molecule has 4 rings (SSSR count). The Morgan fingerprint density at radius 1 is 1.09 bits per heavy atom. The first kappa shape index (κ1) is 21.9. The molecule has 1 heterocycles. The molecule has 2 N–H and O–H groups in total. The summed E-state index contributed by atoms with van der Waals surface area (Å²) in [5.74, 6) is -1.76. The second kappa shape index (κ2) is 9.42. The van der Waals surface area contributed by atoms with Gasteiger partial charge >= 0.3 is 12.1 Å². The first-order valence-corrected chi connectivity index (χ1v) is 11.1.